The van der Waals surface area contributed by atoms with Crippen molar-refractivity contribution in [3.8, 4) is 0 Å². The van der Waals surface area contributed by atoms with Gasteiger partial charge in [-0.1, -0.05) is 12.1 Å². The summed E-state index contributed by atoms with van der Waals surface area (Å²) in [6.45, 7) is 2.81. The molecule has 0 aliphatic carbocycles. The summed E-state index contributed by atoms with van der Waals surface area (Å²) in [5.41, 5.74) is 0. The van der Waals surface area contributed by atoms with Crippen LogP contribution in [-0.4, -0.2) is 22.1 Å². The summed E-state index contributed by atoms with van der Waals surface area (Å²) >= 11 is 0. The molecular formula is C8H9F3N2O2. The number of nitrogens with zero attached hydrogens (tertiary/aromatic N) is 2. The first-order valence-electron chi connectivity index (χ1n) is 4.29. The lowest BCUT2D eigenvalue weighted by Gasteiger charge is -2.07. The number of ketones is 1. The zero-order valence-corrected chi connectivity index (χ0v) is 8.13. The molecule has 0 aromatic carbocycles. The minimum Gasteiger partial charge on any atom is -0.339 e. The predicted octanol–water partition coefficient (Wildman–Crippen LogP) is 1.87. The first-order chi connectivity index (χ1) is 6.86. The van der Waals surface area contributed by atoms with Crippen molar-refractivity contribution in [3.63, 3.8) is 0 Å². The average molecular weight is 222 g/mol. The van der Waals surface area contributed by atoms with Crippen molar-refractivity contribution in [1.29, 1.82) is 0 Å². The van der Waals surface area contributed by atoms with Crippen LogP contribution in [-0.2, 0) is 11.2 Å². The van der Waals surface area contributed by atoms with E-state index in [1.54, 1.807) is 6.92 Å². The molecule has 0 saturated heterocycles. The van der Waals surface area contributed by atoms with Gasteiger partial charge in [0.25, 0.3) is 0 Å². The monoisotopic (exact) mass is 222 g/mol. The third kappa shape index (κ3) is 2.54. The summed E-state index contributed by atoms with van der Waals surface area (Å²) in [4.78, 5) is 14.5. The van der Waals surface area contributed by atoms with Crippen molar-refractivity contribution >= 4 is 5.78 Å². The van der Waals surface area contributed by atoms with Gasteiger partial charge in [0.05, 0.1) is 0 Å². The zero-order valence-electron chi connectivity index (χ0n) is 8.13. The van der Waals surface area contributed by atoms with Gasteiger partial charge in [0, 0.05) is 6.42 Å². The second-order valence-electron chi connectivity index (χ2n) is 2.99. The van der Waals surface area contributed by atoms with E-state index in [2.05, 4.69) is 14.7 Å². The summed E-state index contributed by atoms with van der Waals surface area (Å²) in [7, 11) is 0. The summed E-state index contributed by atoms with van der Waals surface area (Å²) in [6.07, 6.45) is -4.43. The molecule has 4 nitrogen and oxygen atoms in total. The van der Waals surface area contributed by atoms with Crippen LogP contribution in [0.15, 0.2) is 4.52 Å². The minimum absolute atomic E-state index is 0.284. The highest BCUT2D eigenvalue weighted by Crippen LogP contribution is 2.26. The van der Waals surface area contributed by atoms with Gasteiger partial charge in [-0.2, -0.15) is 18.2 Å². The van der Waals surface area contributed by atoms with E-state index >= 15 is 0 Å². The summed E-state index contributed by atoms with van der Waals surface area (Å²) in [5, 5.41) is 3.41. The number of halogens is 3. The van der Waals surface area contributed by atoms with E-state index in [0.29, 0.717) is 6.42 Å². The van der Waals surface area contributed by atoms with Crippen molar-refractivity contribution in [1.82, 2.24) is 10.1 Å². The van der Waals surface area contributed by atoms with Gasteiger partial charge in [0.1, 0.15) is 5.92 Å². The highest BCUT2D eigenvalue weighted by atomic mass is 19.4. The van der Waals surface area contributed by atoms with Crippen LogP contribution < -0.4 is 0 Å². The van der Waals surface area contributed by atoms with Crippen LogP contribution in [0.2, 0.25) is 0 Å². The standard InChI is InChI=1S/C8H9F3N2O2/c1-3-5-12-7(15-13-5)4(2)6(14)8(9,10)11/h4H,3H2,1-2H3. The molecule has 1 aromatic rings. The highest BCUT2D eigenvalue weighted by Gasteiger charge is 2.43. The van der Waals surface area contributed by atoms with E-state index in [9.17, 15) is 18.0 Å². The molecule has 1 heterocycles. The van der Waals surface area contributed by atoms with Gasteiger partial charge in [-0.15, -0.1) is 0 Å². The molecule has 1 atom stereocenters. The first-order valence-corrected chi connectivity index (χ1v) is 4.29. The maximum Gasteiger partial charge on any atom is 0.450 e. The average Bonchev–Trinajstić information content (AvgIpc) is 2.62. The Morgan fingerprint density at radius 3 is 2.53 bits per heavy atom. The van der Waals surface area contributed by atoms with Crippen LogP contribution in [0.3, 0.4) is 0 Å². The molecule has 0 aliphatic rings. The van der Waals surface area contributed by atoms with Crippen LogP contribution in [0.1, 0.15) is 31.5 Å². The molecule has 0 fully saturated rings. The van der Waals surface area contributed by atoms with Crippen LogP contribution in [0.25, 0.3) is 0 Å². The number of carbonyl (C=O) groups is 1. The van der Waals surface area contributed by atoms with Crippen LogP contribution in [0.5, 0.6) is 0 Å². The van der Waals surface area contributed by atoms with Crippen molar-refractivity contribution in [3.05, 3.63) is 11.7 Å². The van der Waals surface area contributed by atoms with Gasteiger partial charge < -0.3 is 4.52 Å². The van der Waals surface area contributed by atoms with E-state index < -0.39 is 17.9 Å². The number of Topliss-reactive ketones (excluding diaryl/α,β-unsaturated/α-hetero) is 1. The van der Waals surface area contributed by atoms with E-state index in [-0.39, 0.29) is 11.7 Å². The van der Waals surface area contributed by atoms with Crippen LogP contribution in [0, 0.1) is 0 Å². The molecular weight excluding hydrogens is 213 g/mol. The highest BCUT2D eigenvalue weighted by molar-refractivity contribution is 5.89. The third-order valence-electron chi connectivity index (χ3n) is 1.84. The lowest BCUT2D eigenvalue weighted by Crippen LogP contribution is -2.27. The Labute approximate surface area is 83.5 Å². The van der Waals surface area contributed by atoms with Gasteiger partial charge >= 0.3 is 6.18 Å². The Bertz CT molecular complexity index is 359. The molecule has 0 aliphatic heterocycles. The maximum atomic E-state index is 12.0. The summed E-state index contributed by atoms with van der Waals surface area (Å²) in [6, 6.07) is 0. The molecule has 15 heavy (non-hydrogen) atoms. The number of carbonyl (C=O) groups excluding carboxylic acids is 1. The molecule has 1 unspecified atom stereocenters. The quantitative estimate of drug-likeness (QED) is 0.783. The fourth-order valence-corrected chi connectivity index (χ4v) is 0.945. The Kier molecular flexibility index (Phi) is 3.11. The molecule has 7 heteroatoms. The van der Waals surface area contributed by atoms with Crippen molar-refractivity contribution in [2.75, 3.05) is 0 Å². The molecule has 0 amide bonds. The molecule has 0 saturated carbocycles. The second kappa shape index (κ2) is 4.00. The number of aryl methyl sites for hydroxylation is 1. The Balaban J connectivity index is 2.85. The third-order valence-corrected chi connectivity index (χ3v) is 1.84. The van der Waals surface area contributed by atoms with Gasteiger partial charge in [-0.3, -0.25) is 4.79 Å². The minimum atomic E-state index is -4.87. The van der Waals surface area contributed by atoms with E-state index in [0.717, 1.165) is 6.92 Å². The number of hydrogen-bond acceptors (Lipinski definition) is 4. The maximum absolute atomic E-state index is 12.0. The normalized spacial score (nSPS) is 13.9. The number of rotatable bonds is 3. The second-order valence-corrected chi connectivity index (χ2v) is 2.99. The van der Waals surface area contributed by atoms with Crippen molar-refractivity contribution in [2.24, 2.45) is 0 Å². The molecule has 0 radical (unpaired) electrons. The molecule has 0 N–H and O–H groups in total. The zero-order chi connectivity index (χ0) is 11.6. The molecule has 1 rings (SSSR count). The van der Waals surface area contributed by atoms with Crippen molar-refractivity contribution in [2.45, 2.75) is 32.4 Å². The topological polar surface area (TPSA) is 56.0 Å². The van der Waals surface area contributed by atoms with Gasteiger partial charge in [0.15, 0.2) is 5.82 Å². The number of alkyl halides is 3. The van der Waals surface area contributed by atoms with Gasteiger partial charge in [-0.05, 0) is 6.92 Å². The Hall–Kier alpha value is -1.40. The van der Waals surface area contributed by atoms with E-state index in [1.165, 1.54) is 0 Å². The van der Waals surface area contributed by atoms with Crippen LogP contribution >= 0.6 is 0 Å². The van der Waals surface area contributed by atoms with Crippen LogP contribution in [0.4, 0.5) is 13.2 Å². The largest absolute Gasteiger partial charge is 0.450 e. The number of aromatic nitrogens is 2. The molecule has 84 valence electrons. The Morgan fingerprint density at radius 1 is 1.53 bits per heavy atom. The lowest BCUT2D eigenvalue weighted by atomic mass is 10.1. The summed E-state index contributed by atoms with van der Waals surface area (Å²) < 4.78 is 40.7. The van der Waals surface area contributed by atoms with Gasteiger partial charge in [-0.25, -0.2) is 0 Å². The summed E-state index contributed by atoms with van der Waals surface area (Å²) in [5.74, 6) is -3.34. The SMILES string of the molecule is CCc1noc(C(C)C(=O)C(F)(F)F)n1. The smallest absolute Gasteiger partial charge is 0.339 e. The lowest BCUT2D eigenvalue weighted by molar-refractivity contribution is -0.172. The molecule has 0 bridgehead atoms. The Morgan fingerprint density at radius 2 is 2.13 bits per heavy atom. The fourth-order valence-electron chi connectivity index (χ4n) is 0.945. The first kappa shape index (κ1) is 11.7. The van der Waals surface area contributed by atoms with E-state index in [4.69, 9.17) is 0 Å². The van der Waals surface area contributed by atoms with Crippen molar-refractivity contribution < 1.29 is 22.5 Å². The molecule has 1 aromatic heterocycles. The predicted molar refractivity (Wildman–Crippen MR) is 43.2 cm³/mol. The van der Waals surface area contributed by atoms with E-state index in [1.807, 2.05) is 0 Å². The van der Waals surface area contributed by atoms with Gasteiger partial charge in [0.2, 0.25) is 11.7 Å². The fraction of sp³-hybridized carbons (Fsp3) is 0.625. The molecule has 0 spiro atoms. The number of hydrogen-bond donors (Lipinski definition) is 0.